The maximum atomic E-state index is 12.8. The molecular weight excluding hydrogens is 332 g/mol. The maximum Gasteiger partial charge on any atom is 0.321 e. The van der Waals surface area contributed by atoms with Gasteiger partial charge in [0.05, 0.1) is 11.3 Å². The Balaban J connectivity index is 1.82. The van der Waals surface area contributed by atoms with Gasteiger partial charge in [-0.2, -0.15) is 0 Å². The van der Waals surface area contributed by atoms with E-state index >= 15 is 0 Å². The number of urea groups is 1. The van der Waals surface area contributed by atoms with Gasteiger partial charge in [-0.15, -0.1) is 0 Å². The van der Waals surface area contributed by atoms with Gasteiger partial charge < -0.3 is 20.4 Å². The summed E-state index contributed by atoms with van der Waals surface area (Å²) in [5.41, 5.74) is 2.52. The molecule has 0 aliphatic carbocycles. The van der Waals surface area contributed by atoms with Gasteiger partial charge in [-0.05, 0) is 36.8 Å². The fourth-order valence-electron chi connectivity index (χ4n) is 2.89. The number of fused-ring (bicyclic) bond motifs is 1. The second-order valence-corrected chi connectivity index (χ2v) is 6.20. The number of likely N-dealkylation sites (N-methyl/N-ethyl adjacent to an activating group) is 2. The average molecular weight is 352 g/mol. The fourth-order valence-corrected chi connectivity index (χ4v) is 2.89. The number of nitrogens with zero attached hydrogens (tertiary/aromatic N) is 2. The van der Waals surface area contributed by atoms with Crippen LogP contribution in [-0.4, -0.2) is 43.0 Å². The normalized spacial score (nSPS) is 16.8. The molecule has 1 aliphatic heterocycles. The molecule has 1 unspecified atom stereocenters. The first-order valence-electron chi connectivity index (χ1n) is 8.16. The van der Waals surface area contributed by atoms with Crippen molar-refractivity contribution >= 4 is 29.2 Å². The molecular formula is C19H20N4O3. The minimum Gasteiger partial charge on any atom is -0.313 e. The van der Waals surface area contributed by atoms with Crippen LogP contribution >= 0.6 is 0 Å². The van der Waals surface area contributed by atoms with Crippen LogP contribution in [0.25, 0.3) is 0 Å². The molecule has 1 heterocycles. The molecule has 0 spiro atoms. The summed E-state index contributed by atoms with van der Waals surface area (Å²) in [5, 5.41) is 5.27. The number of para-hydroxylation sites is 1. The molecule has 7 nitrogen and oxygen atoms in total. The van der Waals surface area contributed by atoms with Crippen molar-refractivity contribution in [2.45, 2.75) is 13.1 Å². The molecule has 134 valence electrons. The molecule has 0 fully saturated rings. The molecule has 4 amide bonds. The molecule has 0 aromatic heterocycles. The summed E-state index contributed by atoms with van der Waals surface area (Å²) in [4.78, 5) is 40.5. The van der Waals surface area contributed by atoms with E-state index in [1.165, 1.54) is 16.8 Å². The second kappa shape index (κ2) is 6.87. The SMILES string of the molecule is Cc1cccc(NC(=O)NC2C(=O)N(C)c3ccccc3C(=O)N2C)c1. The number of rotatable bonds is 2. The van der Waals surface area contributed by atoms with Crippen molar-refractivity contribution in [3.63, 3.8) is 0 Å². The van der Waals surface area contributed by atoms with Crippen molar-refractivity contribution in [1.82, 2.24) is 10.2 Å². The number of carbonyl (C=O) groups excluding carboxylic acids is 3. The highest BCUT2D eigenvalue weighted by molar-refractivity contribution is 6.11. The number of carbonyl (C=O) groups is 3. The predicted octanol–water partition coefficient (Wildman–Crippen LogP) is 2.19. The van der Waals surface area contributed by atoms with Crippen molar-refractivity contribution < 1.29 is 14.4 Å². The molecule has 1 atom stereocenters. The lowest BCUT2D eigenvalue weighted by Gasteiger charge is -2.27. The Morgan fingerprint density at radius 3 is 2.50 bits per heavy atom. The van der Waals surface area contributed by atoms with Crippen molar-refractivity contribution in [2.75, 3.05) is 24.3 Å². The number of anilines is 2. The van der Waals surface area contributed by atoms with E-state index in [0.717, 1.165) is 5.56 Å². The average Bonchev–Trinajstić information content (AvgIpc) is 2.69. The van der Waals surface area contributed by atoms with E-state index in [0.29, 0.717) is 16.9 Å². The molecule has 0 saturated carbocycles. The van der Waals surface area contributed by atoms with Gasteiger partial charge in [-0.25, -0.2) is 4.79 Å². The zero-order valence-corrected chi connectivity index (χ0v) is 14.8. The third-order valence-corrected chi connectivity index (χ3v) is 4.31. The molecule has 2 N–H and O–H groups in total. The summed E-state index contributed by atoms with van der Waals surface area (Å²) in [5.74, 6) is -0.732. The first kappa shape index (κ1) is 17.5. The number of hydrogen-bond acceptors (Lipinski definition) is 3. The Hall–Kier alpha value is -3.35. The van der Waals surface area contributed by atoms with E-state index in [1.54, 1.807) is 37.4 Å². The van der Waals surface area contributed by atoms with Gasteiger partial charge >= 0.3 is 6.03 Å². The second-order valence-electron chi connectivity index (χ2n) is 6.20. The largest absolute Gasteiger partial charge is 0.321 e. The first-order valence-corrected chi connectivity index (χ1v) is 8.16. The van der Waals surface area contributed by atoms with E-state index in [1.807, 2.05) is 25.1 Å². The lowest BCUT2D eigenvalue weighted by atomic mass is 10.1. The summed E-state index contributed by atoms with van der Waals surface area (Å²) in [7, 11) is 3.08. The smallest absolute Gasteiger partial charge is 0.313 e. The van der Waals surface area contributed by atoms with Crippen LogP contribution in [0.5, 0.6) is 0 Å². The quantitative estimate of drug-likeness (QED) is 0.869. The maximum absolute atomic E-state index is 12.8. The van der Waals surface area contributed by atoms with Gasteiger partial charge in [0.1, 0.15) is 0 Å². The minimum atomic E-state index is -1.11. The van der Waals surface area contributed by atoms with Crippen LogP contribution in [0.1, 0.15) is 15.9 Å². The van der Waals surface area contributed by atoms with Crippen molar-refractivity contribution in [3.05, 3.63) is 59.7 Å². The highest BCUT2D eigenvalue weighted by atomic mass is 16.2. The Labute approximate surface area is 151 Å². The molecule has 0 bridgehead atoms. The van der Waals surface area contributed by atoms with Crippen LogP contribution in [-0.2, 0) is 4.79 Å². The lowest BCUT2D eigenvalue weighted by molar-refractivity contribution is -0.122. The number of hydrogen-bond donors (Lipinski definition) is 2. The van der Waals surface area contributed by atoms with Gasteiger partial charge in [0, 0.05) is 19.8 Å². The van der Waals surface area contributed by atoms with Crippen LogP contribution in [0.15, 0.2) is 48.5 Å². The minimum absolute atomic E-state index is 0.334. The van der Waals surface area contributed by atoms with Gasteiger partial charge in [0.2, 0.25) is 0 Å². The van der Waals surface area contributed by atoms with Crippen molar-refractivity contribution in [1.29, 1.82) is 0 Å². The Bertz CT molecular complexity index is 881. The zero-order chi connectivity index (χ0) is 18.8. The molecule has 2 aromatic carbocycles. The summed E-state index contributed by atoms with van der Waals surface area (Å²) in [6.07, 6.45) is -1.11. The molecule has 26 heavy (non-hydrogen) atoms. The fraction of sp³-hybridized carbons (Fsp3) is 0.211. The van der Waals surface area contributed by atoms with Gasteiger partial charge in [0.25, 0.3) is 11.8 Å². The first-order chi connectivity index (χ1) is 12.4. The molecule has 3 rings (SSSR count). The summed E-state index contributed by atoms with van der Waals surface area (Å²) in [6.45, 7) is 1.91. The third kappa shape index (κ3) is 3.23. The Morgan fingerprint density at radius 1 is 1.04 bits per heavy atom. The van der Waals surface area contributed by atoms with Gasteiger partial charge in [0.15, 0.2) is 6.17 Å². The Kier molecular flexibility index (Phi) is 4.62. The van der Waals surface area contributed by atoms with Crippen LogP contribution in [0.3, 0.4) is 0 Å². The summed E-state index contributed by atoms with van der Waals surface area (Å²) >= 11 is 0. The zero-order valence-electron chi connectivity index (χ0n) is 14.8. The van der Waals surface area contributed by atoms with Crippen LogP contribution in [0.4, 0.5) is 16.2 Å². The van der Waals surface area contributed by atoms with Gasteiger partial charge in [-0.3, -0.25) is 9.59 Å². The van der Waals surface area contributed by atoms with Crippen LogP contribution in [0.2, 0.25) is 0 Å². The molecule has 0 saturated heterocycles. The van der Waals surface area contributed by atoms with E-state index in [4.69, 9.17) is 0 Å². The lowest BCUT2D eigenvalue weighted by Crippen LogP contribution is -2.56. The van der Waals surface area contributed by atoms with Crippen molar-refractivity contribution in [3.8, 4) is 0 Å². The summed E-state index contributed by atoms with van der Waals surface area (Å²) < 4.78 is 0. The topological polar surface area (TPSA) is 81.8 Å². The van der Waals surface area contributed by atoms with E-state index < -0.39 is 18.1 Å². The predicted molar refractivity (Wildman–Crippen MR) is 99.1 cm³/mol. The third-order valence-electron chi connectivity index (χ3n) is 4.31. The van der Waals surface area contributed by atoms with E-state index in [2.05, 4.69) is 10.6 Å². The van der Waals surface area contributed by atoms with Crippen LogP contribution in [0, 0.1) is 6.92 Å². The van der Waals surface area contributed by atoms with Gasteiger partial charge in [-0.1, -0.05) is 24.3 Å². The van der Waals surface area contributed by atoms with E-state index in [9.17, 15) is 14.4 Å². The Morgan fingerprint density at radius 2 is 1.77 bits per heavy atom. The summed E-state index contributed by atoms with van der Waals surface area (Å²) in [6, 6.07) is 13.6. The molecule has 1 aliphatic rings. The number of amides is 4. The van der Waals surface area contributed by atoms with Crippen LogP contribution < -0.4 is 15.5 Å². The number of benzene rings is 2. The molecule has 0 radical (unpaired) electrons. The highest BCUT2D eigenvalue weighted by Gasteiger charge is 2.37. The number of aryl methyl sites for hydroxylation is 1. The molecule has 7 heteroatoms. The van der Waals surface area contributed by atoms with Crippen molar-refractivity contribution in [2.24, 2.45) is 0 Å². The van der Waals surface area contributed by atoms with E-state index in [-0.39, 0.29) is 5.91 Å². The monoisotopic (exact) mass is 352 g/mol. The standard InChI is InChI=1S/C19H20N4O3/c1-12-7-6-8-13(11-12)20-19(26)21-16-18(25)22(2)15-10-5-4-9-14(15)17(24)23(16)3/h4-11,16H,1-3H3,(H2,20,21,26). The molecule has 2 aromatic rings. The number of nitrogens with one attached hydrogen (secondary N) is 2. The highest BCUT2D eigenvalue weighted by Crippen LogP contribution is 2.25.